The molecule has 0 radical (unpaired) electrons. The van der Waals surface area contributed by atoms with E-state index >= 15 is 0 Å². The van der Waals surface area contributed by atoms with Crippen LogP contribution in [0.3, 0.4) is 0 Å². The Morgan fingerprint density at radius 2 is 1.89 bits per heavy atom. The van der Waals surface area contributed by atoms with Crippen LogP contribution in [0.2, 0.25) is 0 Å². The minimum atomic E-state index is -0.599. The second-order valence-electron chi connectivity index (χ2n) is 4.16. The fourth-order valence-corrected chi connectivity index (χ4v) is 2.05. The molecule has 0 aromatic heterocycles. The highest BCUT2D eigenvalue weighted by Gasteiger charge is 2.37. The van der Waals surface area contributed by atoms with E-state index in [-0.39, 0.29) is 5.97 Å². The smallest absolute Gasteiger partial charge is 0.323 e. The van der Waals surface area contributed by atoms with Gasteiger partial charge >= 0.3 is 11.9 Å². The zero-order valence-corrected chi connectivity index (χ0v) is 11.2. The molecule has 1 rings (SSSR count). The highest BCUT2D eigenvalue weighted by Crippen LogP contribution is 2.16. The van der Waals surface area contributed by atoms with Crippen LogP contribution in [0, 0.1) is 5.92 Å². The Labute approximate surface area is 107 Å². The van der Waals surface area contributed by atoms with Gasteiger partial charge in [0.1, 0.15) is 6.04 Å². The standard InChI is InChI=1S/C12H21NO5/c1-4-18-11(14)9(2)10(12(15)16-3)13-5-7-17-8-6-13/h9-10H,4-8H2,1-3H3/t9-,10+/m0/s1. The summed E-state index contributed by atoms with van der Waals surface area (Å²) in [4.78, 5) is 25.5. The molecule has 1 aliphatic rings. The molecule has 2 atom stereocenters. The Morgan fingerprint density at radius 1 is 1.28 bits per heavy atom. The van der Waals surface area contributed by atoms with Gasteiger partial charge in [-0.1, -0.05) is 0 Å². The molecular formula is C12H21NO5. The van der Waals surface area contributed by atoms with E-state index in [1.54, 1.807) is 13.8 Å². The molecule has 1 fully saturated rings. The lowest BCUT2D eigenvalue weighted by Crippen LogP contribution is -2.52. The first kappa shape index (κ1) is 14.9. The molecule has 1 saturated heterocycles. The molecule has 0 spiro atoms. The monoisotopic (exact) mass is 259 g/mol. The predicted octanol–water partition coefficient (Wildman–Crippen LogP) is 0.0594. The second kappa shape index (κ2) is 7.33. The maximum Gasteiger partial charge on any atom is 0.323 e. The maximum atomic E-state index is 11.8. The minimum Gasteiger partial charge on any atom is -0.468 e. The van der Waals surface area contributed by atoms with Crippen LogP contribution in [0.25, 0.3) is 0 Å². The van der Waals surface area contributed by atoms with Crippen molar-refractivity contribution in [1.29, 1.82) is 0 Å². The molecule has 0 saturated carbocycles. The highest BCUT2D eigenvalue weighted by molar-refractivity contribution is 5.84. The lowest BCUT2D eigenvalue weighted by Gasteiger charge is -2.34. The van der Waals surface area contributed by atoms with Gasteiger partial charge in [0.25, 0.3) is 0 Å². The molecule has 1 aliphatic heterocycles. The van der Waals surface area contributed by atoms with E-state index in [9.17, 15) is 9.59 Å². The maximum absolute atomic E-state index is 11.8. The SMILES string of the molecule is CCOC(=O)[C@@H](C)[C@H](C(=O)OC)N1CCOCC1. The summed E-state index contributed by atoms with van der Waals surface area (Å²) >= 11 is 0. The molecule has 104 valence electrons. The molecule has 0 aromatic rings. The average molecular weight is 259 g/mol. The Hall–Kier alpha value is -1.14. The van der Waals surface area contributed by atoms with Crippen LogP contribution >= 0.6 is 0 Å². The van der Waals surface area contributed by atoms with E-state index < -0.39 is 17.9 Å². The van der Waals surface area contributed by atoms with Gasteiger partial charge in [-0.15, -0.1) is 0 Å². The quantitative estimate of drug-likeness (QED) is 0.650. The van der Waals surface area contributed by atoms with Crippen LogP contribution in [-0.2, 0) is 23.8 Å². The summed E-state index contributed by atoms with van der Waals surface area (Å²) in [6.07, 6.45) is 0. The van der Waals surface area contributed by atoms with Gasteiger partial charge in [0.2, 0.25) is 0 Å². The topological polar surface area (TPSA) is 65.1 Å². The fraction of sp³-hybridized carbons (Fsp3) is 0.833. The first-order chi connectivity index (χ1) is 8.61. The number of carbonyl (C=O) groups is 2. The minimum absolute atomic E-state index is 0.306. The summed E-state index contributed by atoms with van der Waals surface area (Å²) < 4.78 is 15.0. The van der Waals surface area contributed by atoms with Crippen molar-refractivity contribution in [2.45, 2.75) is 19.9 Å². The number of carbonyl (C=O) groups excluding carboxylic acids is 2. The van der Waals surface area contributed by atoms with Crippen molar-refractivity contribution in [1.82, 2.24) is 4.90 Å². The van der Waals surface area contributed by atoms with Crippen LogP contribution in [0.4, 0.5) is 0 Å². The van der Waals surface area contributed by atoms with Crippen molar-refractivity contribution >= 4 is 11.9 Å². The Morgan fingerprint density at radius 3 is 2.39 bits per heavy atom. The van der Waals surface area contributed by atoms with Crippen LogP contribution in [0.5, 0.6) is 0 Å². The van der Waals surface area contributed by atoms with Gasteiger partial charge in [-0.05, 0) is 13.8 Å². The van der Waals surface area contributed by atoms with Gasteiger partial charge in [0.15, 0.2) is 0 Å². The lowest BCUT2D eigenvalue weighted by molar-refractivity contribution is -0.161. The number of ether oxygens (including phenoxy) is 3. The zero-order valence-electron chi connectivity index (χ0n) is 11.2. The van der Waals surface area contributed by atoms with E-state index in [1.807, 2.05) is 4.90 Å². The van der Waals surface area contributed by atoms with E-state index in [2.05, 4.69) is 0 Å². The van der Waals surface area contributed by atoms with Crippen LogP contribution < -0.4 is 0 Å². The van der Waals surface area contributed by atoms with Crippen molar-refractivity contribution in [3.8, 4) is 0 Å². The van der Waals surface area contributed by atoms with E-state index in [0.717, 1.165) is 0 Å². The largest absolute Gasteiger partial charge is 0.468 e. The summed E-state index contributed by atoms with van der Waals surface area (Å²) in [5.41, 5.74) is 0. The molecule has 0 bridgehead atoms. The van der Waals surface area contributed by atoms with Gasteiger partial charge < -0.3 is 14.2 Å². The molecule has 0 N–H and O–H groups in total. The number of morpholine rings is 1. The van der Waals surface area contributed by atoms with E-state index in [1.165, 1.54) is 7.11 Å². The van der Waals surface area contributed by atoms with Crippen LogP contribution in [-0.4, -0.2) is 62.9 Å². The summed E-state index contributed by atoms with van der Waals surface area (Å²) in [7, 11) is 1.33. The molecule has 0 unspecified atom stereocenters. The highest BCUT2D eigenvalue weighted by atomic mass is 16.5. The van der Waals surface area contributed by atoms with Gasteiger partial charge in [-0.3, -0.25) is 14.5 Å². The van der Waals surface area contributed by atoms with Gasteiger partial charge in [0.05, 0.1) is 32.8 Å². The van der Waals surface area contributed by atoms with Crippen LogP contribution in [0.15, 0.2) is 0 Å². The van der Waals surface area contributed by atoms with E-state index in [4.69, 9.17) is 14.2 Å². The first-order valence-electron chi connectivity index (χ1n) is 6.18. The zero-order chi connectivity index (χ0) is 13.5. The summed E-state index contributed by atoms with van der Waals surface area (Å²) in [5, 5.41) is 0. The number of rotatable bonds is 5. The molecule has 6 nitrogen and oxygen atoms in total. The third-order valence-corrected chi connectivity index (χ3v) is 3.01. The Kier molecular flexibility index (Phi) is 6.07. The molecule has 1 heterocycles. The third kappa shape index (κ3) is 3.68. The van der Waals surface area contributed by atoms with E-state index in [0.29, 0.717) is 32.9 Å². The lowest BCUT2D eigenvalue weighted by atomic mass is 10.00. The van der Waals surface area contributed by atoms with Gasteiger partial charge in [-0.2, -0.15) is 0 Å². The van der Waals surface area contributed by atoms with Crippen molar-refractivity contribution in [3.63, 3.8) is 0 Å². The fourth-order valence-electron chi connectivity index (χ4n) is 2.05. The normalized spacial score (nSPS) is 19.9. The van der Waals surface area contributed by atoms with Crippen molar-refractivity contribution in [2.24, 2.45) is 5.92 Å². The number of esters is 2. The number of hydrogen-bond donors (Lipinski definition) is 0. The molecule has 18 heavy (non-hydrogen) atoms. The molecule has 0 aromatic carbocycles. The predicted molar refractivity (Wildman–Crippen MR) is 64.0 cm³/mol. The molecule has 0 aliphatic carbocycles. The van der Waals surface area contributed by atoms with Crippen LogP contribution in [0.1, 0.15) is 13.8 Å². The van der Waals surface area contributed by atoms with Crippen molar-refractivity contribution in [3.05, 3.63) is 0 Å². The molecule has 6 heteroatoms. The Balaban J connectivity index is 2.76. The van der Waals surface area contributed by atoms with Crippen molar-refractivity contribution in [2.75, 3.05) is 40.0 Å². The third-order valence-electron chi connectivity index (χ3n) is 3.01. The Bertz CT molecular complexity index is 288. The second-order valence-corrected chi connectivity index (χ2v) is 4.16. The average Bonchev–Trinajstić information content (AvgIpc) is 2.40. The summed E-state index contributed by atoms with van der Waals surface area (Å²) in [5.74, 6) is -1.33. The van der Waals surface area contributed by atoms with Crippen molar-refractivity contribution < 1.29 is 23.8 Å². The molecule has 0 amide bonds. The number of methoxy groups -OCH3 is 1. The molecular weight excluding hydrogens is 238 g/mol. The first-order valence-corrected chi connectivity index (χ1v) is 6.18. The van der Waals surface area contributed by atoms with Gasteiger partial charge in [0, 0.05) is 13.1 Å². The van der Waals surface area contributed by atoms with Gasteiger partial charge in [-0.25, -0.2) is 0 Å². The summed E-state index contributed by atoms with van der Waals surface area (Å²) in [6.45, 7) is 6.08. The summed E-state index contributed by atoms with van der Waals surface area (Å²) in [6, 6.07) is -0.599. The number of nitrogens with zero attached hydrogens (tertiary/aromatic N) is 1. The number of hydrogen-bond acceptors (Lipinski definition) is 6.